The number of aryl methyl sites for hydroxylation is 1. The Morgan fingerprint density at radius 1 is 1.42 bits per heavy atom. The van der Waals surface area contributed by atoms with E-state index in [4.69, 9.17) is 5.84 Å². The molecule has 2 N–H and O–H groups in total. The Hall–Kier alpha value is -0.830. The number of nitrogens with zero attached hydrogens (tertiary/aromatic N) is 1. The molecule has 0 saturated heterocycles. The smallest absolute Gasteiger partial charge is 0.0540 e. The van der Waals surface area contributed by atoms with Crippen LogP contribution in [0.15, 0.2) is 29.4 Å². The fourth-order valence-corrected chi connectivity index (χ4v) is 1.50. The van der Waals surface area contributed by atoms with Gasteiger partial charge in [0.05, 0.1) is 6.21 Å². The summed E-state index contributed by atoms with van der Waals surface area (Å²) in [6.07, 6.45) is 2.68. The molecule has 12 heavy (non-hydrogen) atoms. The van der Waals surface area contributed by atoms with Crippen molar-refractivity contribution in [3.63, 3.8) is 0 Å². The van der Waals surface area contributed by atoms with Crippen LogP contribution in [0.5, 0.6) is 0 Å². The highest BCUT2D eigenvalue weighted by Crippen LogP contribution is 2.07. The van der Waals surface area contributed by atoms with Gasteiger partial charge in [0.2, 0.25) is 0 Å². The van der Waals surface area contributed by atoms with Crippen molar-refractivity contribution in [1.82, 2.24) is 0 Å². The summed E-state index contributed by atoms with van der Waals surface area (Å²) < 4.78 is 0. The number of halogens is 1. The molecule has 0 radical (unpaired) electrons. The second kappa shape index (κ2) is 4.93. The lowest BCUT2D eigenvalue weighted by Gasteiger charge is -2.01. The van der Waals surface area contributed by atoms with E-state index in [1.165, 1.54) is 5.56 Å². The average Bonchev–Trinajstić information content (AvgIpc) is 2.09. The summed E-state index contributed by atoms with van der Waals surface area (Å²) in [6.45, 7) is 0. The van der Waals surface area contributed by atoms with E-state index in [1.807, 2.05) is 18.2 Å². The number of benzene rings is 1. The normalized spacial score (nSPS) is 10.8. The summed E-state index contributed by atoms with van der Waals surface area (Å²) in [4.78, 5) is 0. The number of hydrazone groups is 1. The summed E-state index contributed by atoms with van der Waals surface area (Å²) in [6, 6.07) is 8.09. The topological polar surface area (TPSA) is 38.4 Å². The van der Waals surface area contributed by atoms with Gasteiger partial charge in [-0.2, -0.15) is 5.10 Å². The molecule has 0 bridgehead atoms. The third kappa shape index (κ3) is 2.34. The molecule has 0 unspecified atom stereocenters. The molecule has 0 aromatic heterocycles. The van der Waals surface area contributed by atoms with Gasteiger partial charge in [-0.25, -0.2) is 0 Å². The first-order valence-corrected chi connectivity index (χ1v) is 4.87. The van der Waals surface area contributed by atoms with Gasteiger partial charge in [0.1, 0.15) is 0 Å². The Morgan fingerprint density at radius 3 is 2.83 bits per heavy atom. The Labute approximate surface area is 80.6 Å². The van der Waals surface area contributed by atoms with Crippen LogP contribution in [0, 0.1) is 0 Å². The van der Waals surface area contributed by atoms with Crippen molar-refractivity contribution in [2.75, 3.05) is 5.33 Å². The van der Waals surface area contributed by atoms with Gasteiger partial charge in [-0.15, -0.1) is 0 Å². The van der Waals surface area contributed by atoms with Crippen LogP contribution in [-0.2, 0) is 6.42 Å². The summed E-state index contributed by atoms with van der Waals surface area (Å²) in [5.74, 6) is 5.08. The maximum atomic E-state index is 5.08. The molecule has 64 valence electrons. The standard InChI is InChI=1S/C9H11BrN2/c10-6-5-8-3-1-2-4-9(8)7-12-11/h1-4,7H,5-6,11H2/b12-7+. The van der Waals surface area contributed by atoms with Gasteiger partial charge in [0, 0.05) is 5.33 Å². The molecule has 1 aromatic carbocycles. The zero-order valence-electron chi connectivity index (χ0n) is 6.70. The minimum Gasteiger partial charge on any atom is -0.323 e. The van der Waals surface area contributed by atoms with Gasteiger partial charge in [0.15, 0.2) is 0 Å². The third-order valence-corrected chi connectivity index (χ3v) is 2.03. The monoisotopic (exact) mass is 226 g/mol. The van der Waals surface area contributed by atoms with Crippen molar-refractivity contribution in [3.8, 4) is 0 Å². The fourth-order valence-electron chi connectivity index (χ4n) is 1.07. The van der Waals surface area contributed by atoms with Crippen LogP contribution in [0.1, 0.15) is 11.1 Å². The van der Waals surface area contributed by atoms with Crippen LogP contribution in [0.2, 0.25) is 0 Å². The van der Waals surface area contributed by atoms with E-state index < -0.39 is 0 Å². The molecule has 0 amide bonds. The summed E-state index contributed by atoms with van der Waals surface area (Å²) in [5, 5.41) is 4.47. The first-order chi connectivity index (χ1) is 5.88. The molecule has 3 heteroatoms. The molecule has 1 rings (SSSR count). The van der Waals surface area contributed by atoms with E-state index >= 15 is 0 Å². The third-order valence-electron chi connectivity index (χ3n) is 1.63. The van der Waals surface area contributed by atoms with Gasteiger partial charge in [-0.3, -0.25) is 0 Å². The number of alkyl halides is 1. The fraction of sp³-hybridized carbons (Fsp3) is 0.222. The van der Waals surface area contributed by atoms with Crippen LogP contribution >= 0.6 is 15.9 Å². The zero-order chi connectivity index (χ0) is 8.81. The van der Waals surface area contributed by atoms with E-state index in [-0.39, 0.29) is 0 Å². The quantitative estimate of drug-likeness (QED) is 0.364. The first kappa shape index (κ1) is 9.26. The molecular formula is C9H11BrN2. The van der Waals surface area contributed by atoms with Crippen molar-refractivity contribution >= 4 is 22.1 Å². The SMILES string of the molecule is N/N=C/c1ccccc1CCBr. The summed E-state index contributed by atoms with van der Waals surface area (Å²) in [7, 11) is 0. The Bertz CT molecular complexity index is 271. The van der Waals surface area contributed by atoms with E-state index in [9.17, 15) is 0 Å². The van der Waals surface area contributed by atoms with Crippen LogP contribution in [0.4, 0.5) is 0 Å². The van der Waals surface area contributed by atoms with Crippen molar-refractivity contribution in [2.45, 2.75) is 6.42 Å². The van der Waals surface area contributed by atoms with Gasteiger partial charge in [-0.1, -0.05) is 40.2 Å². The predicted molar refractivity (Wildman–Crippen MR) is 55.7 cm³/mol. The van der Waals surface area contributed by atoms with Gasteiger partial charge < -0.3 is 5.84 Å². The minimum absolute atomic E-state index is 0.961. The highest BCUT2D eigenvalue weighted by atomic mass is 79.9. The molecule has 0 fully saturated rings. The molecule has 0 aliphatic rings. The molecule has 2 nitrogen and oxygen atoms in total. The van der Waals surface area contributed by atoms with Crippen LogP contribution < -0.4 is 5.84 Å². The maximum Gasteiger partial charge on any atom is 0.0540 e. The Balaban J connectivity index is 2.91. The highest BCUT2D eigenvalue weighted by Gasteiger charge is 1.96. The number of nitrogens with two attached hydrogens (primary N) is 1. The van der Waals surface area contributed by atoms with Crippen LogP contribution in [-0.4, -0.2) is 11.5 Å². The van der Waals surface area contributed by atoms with Gasteiger partial charge in [0.25, 0.3) is 0 Å². The second-order valence-electron chi connectivity index (χ2n) is 2.42. The van der Waals surface area contributed by atoms with E-state index in [0.717, 1.165) is 17.3 Å². The lowest BCUT2D eigenvalue weighted by atomic mass is 10.1. The first-order valence-electron chi connectivity index (χ1n) is 3.75. The average molecular weight is 227 g/mol. The van der Waals surface area contributed by atoms with E-state index in [1.54, 1.807) is 6.21 Å². The lowest BCUT2D eigenvalue weighted by molar-refractivity contribution is 1.16. The van der Waals surface area contributed by atoms with Gasteiger partial charge >= 0.3 is 0 Å². The molecule has 0 spiro atoms. The largest absolute Gasteiger partial charge is 0.323 e. The zero-order valence-corrected chi connectivity index (χ0v) is 8.29. The van der Waals surface area contributed by atoms with Crippen molar-refractivity contribution < 1.29 is 0 Å². The highest BCUT2D eigenvalue weighted by molar-refractivity contribution is 9.09. The minimum atomic E-state index is 0.961. The van der Waals surface area contributed by atoms with Crippen molar-refractivity contribution in [1.29, 1.82) is 0 Å². The lowest BCUT2D eigenvalue weighted by Crippen LogP contribution is -1.95. The van der Waals surface area contributed by atoms with Gasteiger partial charge in [-0.05, 0) is 17.5 Å². The van der Waals surface area contributed by atoms with Crippen molar-refractivity contribution in [2.24, 2.45) is 10.9 Å². The molecule has 0 heterocycles. The summed E-state index contributed by atoms with van der Waals surface area (Å²) >= 11 is 3.40. The molecule has 0 saturated carbocycles. The molecular weight excluding hydrogens is 216 g/mol. The number of hydrogen-bond donors (Lipinski definition) is 1. The predicted octanol–water partition coefficient (Wildman–Crippen LogP) is 1.92. The van der Waals surface area contributed by atoms with Crippen LogP contribution in [0.25, 0.3) is 0 Å². The second-order valence-corrected chi connectivity index (χ2v) is 3.21. The van der Waals surface area contributed by atoms with Crippen molar-refractivity contribution in [3.05, 3.63) is 35.4 Å². The van der Waals surface area contributed by atoms with E-state index in [0.29, 0.717) is 0 Å². The molecule has 0 atom stereocenters. The number of rotatable bonds is 3. The molecule has 0 aliphatic heterocycles. The Morgan fingerprint density at radius 2 is 2.17 bits per heavy atom. The summed E-state index contributed by atoms with van der Waals surface area (Å²) in [5.41, 5.74) is 2.36. The maximum absolute atomic E-state index is 5.08. The Kier molecular flexibility index (Phi) is 3.80. The van der Waals surface area contributed by atoms with Crippen LogP contribution in [0.3, 0.4) is 0 Å². The molecule has 1 aromatic rings. The molecule has 0 aliphatic carbocycles. The van der Waals surface area contributed by atoms with E-state index in [2.05, 4.69) is 27.1 Å². The number of hydrogen-bond acceptors (Lipinski definition) is 2.